The van der Waals surface area contributed by atoms with Crippen molar-refractivity contribution in [1.82, 2.24) is 0 Å². The first kappa shape index (κ1) is 5.27. The van der Waals surface area contributed by atoms with E-state index >= 15 is 0 Å². The van der Waals surface area contributed by atoms with E-state index in [4.69, 9.17) is 4.84 Å². The van der Waals surface area contributed by atoms with Crippen LogP contribution in [0.4, 0.5) is 0 Å². The Balaban J connectivity index is 2.16. The Kier molecular flexibility index (Phi) is 1.01. The van der Waals surface area contributed by atoms with Gasteiger partial charge in [-0.3, -0.25) is 0 Å². The van der Waals surface area contributed by atoms with E-state index in [1.807, 2.05) is 0 Å². The molecule has 0 bridgehead atoms. The summed E-state index contributed by atoms with van der Waals surface area (Å²) in [5.74, 6) is 0.671. The van der Waals surface area contributed by atoms with Gasteiger partial charge < -0.3 is 4.84 Å². The van der Waals surface area contributed by atoms with Crippen LogP contribution in [0, 0.1) is 5.92 Å². The van der Waals surface area contributed by atoms with Crippen LogP contribution < -0.4 is 0 Å². The lowest BCUT2D eigenvalue weighted by atomic mass is 10.0. The normalized spacial score (nSPS) is 39.9. The van der Waals surface area contributed by atoms with Crippen LogP contribution in [0.25, 0.3) is 0 Å². The summed E-state index contributed by atoms with van der Waals surface area (Å²) in [5, 5.41) is 3.94. The first-order chi connectivity index (χ1) is 4.38. The molecule has 0 saturated heterocycles. The van der Waals surface area contributed by atoms with Crippen molar-refractivity contribution in [2.45, 2.75) is 32.3 Å². The summed E-state index contributed by atoms with van der Waals surface area (Å²) in [6.07, 6.45) is 4.28. The molecule has 0 aromatic heterocycles. The Morgan fingerprint density at radius 3 is 3.22 bits per heavy atom. The van der Waals surface area contributed by atoms with Crippen LogP contribution in [0.15, 0.2) is 5.16 Å². The first-order valence-electron chi connectivity index (χ1n) is 3.58. The third-order valence-electron chi connectivity index (χ3n) is 2.32. The van der Waals surface area contributed by atoms with Crippen molar-refractivity contribution in [2.75, 3.05) is 0 Å². The van der Waals surface area contributed by atoms with Gasteiger partial charge in [0.2, 0.25) is 0 Å². The van der Waals surface area contributed by atoms with Crippen LogP contribution in [0.5, 0.6) is 0 Å². The van der Waals surface area contributed by atoms with Gasteiger partial charge in [-0.05, 0) is 26.2 Å². The minimum Gasteiger partial charge on any atom is -0.392 e. The van der Waals surface area contributed by atoms with Gasteiger partial charge in [-0.25, -0.2) is 0 Å². The number of hydrogen-bond acceptors (Lipinski definition) is 2. The molecule has 1 heterocycles. The Morgan fingerprint density at radius 1 is 1.56 bits per heavy atom. The lowest BCUT2D eigenvalue weighted by Crippen LogP contribution is -2.13. The molecule has 2 atom stereocenters. The fraction of sp³-hybridized carbons (Fsp3) is 0.857. The second kappa shape index (κ2) is 1.72. The second-order valence-corrected chi connectivity index (χ2v) is 2.91. The van der Waals surface area contributed by atoms with Crippen LogP contribution in [0.3, 0.4) is 0 Å². The molecule has 9 heavy (non-hydrogen) atoms. The highest BCUT2D eigenvalue weighted by Gasteiger charge is 2.35. The van der Waals surface area contributed by atoms with Crippen molar-refractivity contribution in [3.63, 3.8) is 0 Å². The Labute approximate surface area is 54.9 Å². The third kappa shape index (κ3) is 0.655. The van der Waals surface area contributed by atoms with E-state index < -0.39 is 0 Å². The average Bonchev–Trinajstić information content (AvgIpc) is 2.35. The van der Waals surface area contributed by atoms with Gasteiger partial charge in [0, 0.05) is 5.92 Å². The number of oxime groups is 1. The predicted octanol–water partition coefficient (Wildman–Crippen LogP) is 1.56. The summed E-state index contributed by atoms with van der Waals surface area (Å²) >= 11 is 0. The highest BCUT2D eigenvalue weighted by molar-refractivity contribution is 5.85. The number of rotatable bonds is 0. The third-order valence-corrected chi connectivity index (χ3v) is 2.32. The van der Waals surface area contributed by atoms with Crippen molar-refractivity contribution in [3.05, 3.63) is 0 Å². The standard InChI is InChI=1S/C7H11NO/c1-5-6-3-2-4-7(6)9-8-5/h6-7H,2-4H2,1H3. The van der Waals surface area contributed by atoms with Crippen LogP contribution in [-0.2, 0) is 4.84 Å². The van der Waals surface area contributed by atoms with E-state index in [2.05, 4.69) is 12.1 Å². The highest BCUT2D eigenvalue weighted by Crippen LogP contribution is 2.33. The summed E-state index contributed by atoms with van der Waals surface area (Å²) in [4.78, 5) is 5.18. The van der Waals surface area contributed by atoms with Crippen LogP contribution in [0.2, 0.25) is 0 Å². The maximum absolute atomic E-state index is 5.18. The summed E-state index contributed by atoms with van der Waals surface area (Å²) in [6, 6.07) is 0. The molecule has 1 fully saturated rings. The molecule has 0 amide bonds. The van der Waals surface area contributed by atoms with Crippen LogP contribution in [-0.4, -0.2) is 11.8 Å². The molecule has 1 aliphatic carbocycles. The SMILES string of the molecule is CC1=NOC2CCCC12. The molecule has 2 unspecified atom stereocenters. The predicted molar refractivity (Wildman–Crippen MR) is 35.3 cm³/mol. The molecule has 1 saturated carbocycles. The van der Waals surface area contributed by atoms with Crippen molar-refractivity contribution < 1.29 is 4.84 Å². The first-order valence-corrected chi connectivity index (χ1v) is 3.58. The summed E-state index contributed by atoms with van der Waals surface area (Å²) in [7, 11) is 0. The maximum atomic E-state index is 5.18. The van der Waals surface area contributed by atoms with E-state index in [0.717, 1.165) is 0 Å². The molecule has 0 aromatic carbocycles. The molecule has 0 aromatic rings. The van der Waals surface area contributed by atoms with Gasteiger partial charge in [-0.2, -0.15) is 0 Å². The molecular formula is C7H11NO. The second-order valence-electron chi connectivity index (χ2n) is 2.91. The summed E-state index contributed by atoms with van der Waals surface area (Å²) in [6.45, 7) is 2.07. The van der Waals surface area contributed by atoms with Crippen molar-refractivity contribution in [1.29, 1.82) is 0 Å². The van der Waals surface area contributed by atoms with E-state index in [0.29, 0.717) is 12.0 Å². The van der Waals surface area contributed by atoms with Crippen LogP contribution in [0.1, 0.15) is 26.2 Å². The largest absolute Gasteiger partial charge is 0.392 e. The van der Waals surface area contributed by atoms with Crippen LogP contribution >= 0.6 is 0 Å². The fourth-order valence-electron chi connectivity index (χ4n) is 1.75. The van der Waals surface area contributed by atoms with E-state index in [-0.39, 0.29) is 0 Å². The fourth-order valence-corrected chi connectivity index (χ4v) is 1.75. The quantitative estimate of drug-likeness (QED) is 0.481. The average molecular weight is 125 g/mol. The number of hydrogen-bond donors (Lipinski definition) is 0. The lowest BCUT2D eigenvalue weighted by Gasteiger charge is -2.04. The summed E-state index contributed by atoms with van der Waals surface area (Å²) in [5.41, 5.74) is 1.21. The van der Waals surface area contributed by atoms with Gasteiger partial charge in [0.05, 0.1) is 5.71 Å². The minimum atomic E-state index is 0.449. The van der Waals surface area contributed by atoms with E-state index in [9.17, 15) is 0 Å². The highest BCUT2D eigenvalue weighted by atomic mass is 16.6. The molecule has 0 spiro atoms. The van der Waals surface area contributed by atoms with Crippen molar-refractivity contribution in [2.24, 2.45) is 11.1 Å². The van der Waals surface area contributed by atoms with Gasteiger partial charge in [0.1, 0.15) is 6.10 Å². The molecular weight excluding hydrogens is 114 g/mol. The van der Waals surface area contributed by atoms with Gasteiger partial charge in [-0.15, -0.1) is 0 Å². The number of nitrogens with zero attached hydrogens (tertiary/aromatic N) is 1. The topological polar surface area (TPSA) is 21.6 Å². The molecule has 0 N–H and O–H groups in total. The van der Waals surface area contributed by atoms with Crippen molar-refractivity contribution >= 4 is 5.71 Å². The zero-order chi connectivity index (χ0) is 6.27. The molecule has 50 valence electrons. The molecule has 2 aliphatic rings. The molecule has 2 nitrogen and oxygen atoms in total. The smallest absolute Gasteiger partial charge is 0.135 e. The molecule has 1 aliphatic heterocycles. The Hall–Kier alpha value is -0.530. The Bertz CT molecular complexity index is 153. The summed E-state index contributed by atoms with van der Waals surface area (Å²) < 4.78 is 0. The van der Waals surface area contributed by atoms with E-state index in [1.54, 1.807) is 0 Å². The van der Waals surface area contributed by atoms with Gasteiger partial charge in [0.25, 0.3) is 0 Å². The van der Waals surface area contributed by atoms with Crippen molar-refractivity contribution in [3.8, 4) is 0 Å². The lowest BCUT2D eigenvalue weighted by molar-refractivity contribution is 0.0746. The van der Waals surface area contributed by atoms with Gasteiger partial charge >= 0.3 is 0 Å². The number of fused-ring (bicyclic) bond motifs is 1. The maximum Gasteiger partial charge on any atom is 0.135 e. The minimum absolute atomic E-state index is 0.449. The zero-order valence-electron chi connectivity index (χ0n) is 5.63. The zero-order valence-corrected chi connectivity index (χ0v) is 5.63. The monoisotopic (exact) mass is 125 g/mol. The molecule has 2 rings (SSSR count). The van der Waals surface area contributed by atoms with Gasteiger partial charge in [-0.1, -0.05) is 5.16 Å². The molecule has 2 heteroatoms. The van der Waals surface area contributed by atoms with E-state index in [1.165, 1.54) is 25.0 Å². The van der Waals surface area contributed by atoms with Gasteiger partial charge in [0.15, 0.2) is 0 Å². The Morgan fingerprint density at radius 2 is 2.44 bits per heavy atom. The molecule has 0 radical (unpaired) electrons.